The van der Waals surface area contributed by atoms with E-state index in [4.69, 9.17) is 5.26 Å². The Hall–Kier alpha value is -1.38. The second-order valence-corrected chi connectivity index (χ2v) is 5.62. The third kappa shape index (κ3) is 3.84. The Kier molecular flexibility index (Phi) is 4.67. The molecule has 0 aliphatic carbocycles. The minimum absolute atomic E-state index is 0.194. The Morgan fingerprint density at radius 3 is 2.41 bits per heavy atom. The van der Waals surface area contributed by atoms with Gasteiger partial charge in [-0.15, -0.1) is 0 Å². The summed E-state index contributed by atoms with van der Waals surface area (Å²) in [6.45, 7) is 3.80. The molecule has 1 aromatic carbocycles. The lowest BCUT2D eigenvalue weighted by Gasteiger charge is -2.11. The molecule has 0 spiro atoms. The second-order valence-electron chi connectivity index (χ2n) is 3.90. The van der Waals surface area contributed by atoms with Crippen molar-refractivity contribution >= 4 is 10.0 Å². The van der Waals surface area contributed by atoms with Crippen LogP contribution in [0.15, 0.2) is 29.2 Å². The molecule has 0 aromatic heterocycles. The van der Waals surface area contributed by atoms with Crippen molar-refractivity contribution < 1.29 is 8.42 Å². The summed E-state index contributed by atoms with van der Waals surface area (Å²) in [6, 6.07) is 7.83. The molecule has 5 heteroatoms. The SMILES string of the molecule is CCCC(C#N)NS(=O)(=O)c1ccc(C)cc1. The lowest BCUT2D eigenvalue weighted by molar-refractivity contribution is 0.563. The van der Waals surface area contributed by atoms with E-state index >= 15 is 0 Å². The zero-order valence-electron chi connectivity index (χ0n) is 9.97. The Labute approximate surface area is 102 Å². The third-order valence-electron chi connectivity index (χ3n) is 2.36. The molecule has 0 aliphatic heterocycles. The van der Waals surface area contributed by atoms with Gasteiger partial charge < -0.3 is 0 Å². The van der Waals surface area contributed by atoms with Crippen molar-refractivity contribution in [3.05, 3.63) is 29.8 Å². The van der Waals surface area contributed by atoms with Crippen molar-refractivity contribution in [2.45, 2.75) is 37.6 Å². The Bertz CT molecular complexity index is 500. The van der Waals surface area contributed by atoms with Crippen molar-refractivity contribution in [1.29, 1.82) is 5.26 Å². The highest BCUT2D eigenvalue weighted by Gasteiger charge is 2.18. The van der Waals surface area contributed by atoms with Crippen LogP contribution in [-0.2, 0) is 10.0 Å². The van der Waals surface area contributed by atoms with E-state index in [1.807, 2.05) is 19.9 Å². The van der Waals surface area contributed by atoms with Crippen LogP contribution >= 0.6 is 0 Å². The first kappa shape index (κ1) is 13.7. The fourth-order valence-corrected chi connectivity index (χ4v) is 2.59. The molecule has 0 aliphatic rings. The third-order valence-corrected chi connectivity index (χ3v) is 3.85. The zero-order valence-corrected chi connectivity index (χ0v) is 10.8. The van der Waals surface area contributed by atoms with E-state index < -0.39 is 16.1 Å². The summed E-state index contributed by atoms with van der Waals surface area (Å²) < 4.78 is 26.2. The summed E-state index contributed by atoms with van der Waals surface area (Å²) in [7, 11) is -3.58. The number of nitrogens with zero attached hydrogens (tertiary/aromatic N) is 1. The van der Waals surface area contributed by atoms with Crippen LogP contribution in [0.3, 0.4) is 0 Å². The van der Waals surface area contributed by atoms with Crippen LogP contribution in [0.1, 0.15) is 25.3 Å². The molecular weight excluding hydrogens is 236 g/mol. The maximum absolute atomic E-state index is 11.9. The van der Waals surface area contributed by atoms with Gasteiger partial charge in [0, 0.05) is 0 Å². The molecule has 0 radical (unpaired) electrons. The van der Waals surface area contributed by atoms with E-state index in [9.17, 15) is 8.42 Å². The standard InChI is InChI=1S/C12H16N2O2S/c1-3-4-11(9-13)14-17(15,16)12-7-5-10(2)6-8-12/h5-8,11,14H,3-4H2,1-2H3. The van der Waals surface area contributed by atoms with Gasteiger partial charge in [-0.3, -0.25) is 0 Å². The predicted molar refractivity (Wildman–Crippen MR) is 65.8 cm³/mol. The van der Waals surface area contributed by atoms with Gasteiger partial charge in [0.15, 0.2) is 0 Å². The maximum Gasteiger partial charge on any atom is 0.241 e. The second kappa shape index (κ2) is 5.80. The van der Waals surface area contributed by atoms with Crippen molar-refractivity contribution in [3.8, 4) is 6.07 Å². The molecule has 17 heavy (non-hydrogen) atoms. The summed E-state index contributed by atoms with van der Waals surface area (Å²) in [6.07, 6.45) is 1.27. The van der Waals surface area contributed by atoms with E-state index in [1.54, 1.807) is 12.1 Å². The molecule has 92 valence electrons. The van der Waals surface area contributed by atoms with Gasteiger partial charge >= 0.3 is 0 Å². The van der Waals surface area contributed by atoms with Crippen LogP contribution in [0.4, 0.5) is 0 Å². The molecule has 1 atom stereocenters. The molecule has 0 saturated heterocycles. The van der Waals surface area contributed by atoms with Crippen molar-refractivity contribution in [2.24, 2.45) is 0 Å². The van der Waals surface area contributed by atoms with Gasteiger partial charge in [0.1, 0.15) is 6.04 Å². The van der Waals surface area contributed by atoms with Gasteiger partial charge in [-0.25, -0.2) is 8.42 Å². The Balaban J connectivity index is 2.89. The van der Waals surface area contributed by atoms with Crippen molar-refractivity contribution in [2.75, 3.05) is 0 Å². The molecule has 0 bridgehead atoms. The van der Waals surface area contributed by atoms with E-state index in [1.165, 1.54) is 12.1 Å². The number of rotatable bonds is 5. The normalized spacial score (nSPS) is 13.0. The van der Waals surface area contributed by atoms with Gasteiger partial charge in [-0.05, 0) is 25.5 Å². The molecule has 1 N–H and O–H groups in total. The fraction of sp³-hybridized carbons (Fsp3) is 0.417. The van der Waals surface area contributed by atoms with Crippen LogP contribution in [0.2, 0.25) is 0 Å². The van der Waals surface area contributed by atoms with Gasteiger partial charge in [-0.2, -0.15) is 9.98 Å². The predicted octanol–water partition coefficient (Wildman–Crippen LogP) is 1.97. The largest absolute Gasteiger partial charge is 0.241 e. The zero-order chi connectivity index (χ0) is 12.9. The van der Waals surface area contributed by atoms with E-state index in [0.29, 0.717) is 6.42 Å². The van der Waals surface area contributed by atoms with E-state index in [0.717, 1.165) is 12.0 Å². The van der Waals surface area contributed by atoms with Crippen LogP contribution < -0.4 is 4.72 Å². The van der Waals surface area contributed by atoms with E-state index in [-0.39, 0.29) is 4.90 Å². The van der Waals surface area contributed by atoms with Gasteiger partial charge in [0.05, 0.1) is 11.0 Å². The van der Waals surface area contributed by atoms with Crippen molar-refractivity contribution in [3.63, 3.8) is 0 Å². The molecule has 0 amide bonds. The fourth-order valence-electron chi connectivity index (χ4n) is 1.41. The summed E-state index contributed by atoms with van der Waals surface area (Å²) in [5.41, 5.74) is 0.995. The topological polar surface area (TPSA) is 70.0 Å². The maximum atomic E-state index is 11.9. The highest BCUT2D eigenvalue weighted by molar-refractivity contribution is 7.89. The lowest BCUT2D eigenvalue weighted by Crippen LogP contribution is -2.33. The molecule has 1 unspecified atom stereocenters. The molecule has 0 saturated carbocycles. The molecule has 4 nitrogen and oxygen atoms in total. The number of nitriles is 1. The quantitative estimate of drug-likeness (QED) is 0.871. The summed E-state index contributed by atoms with van der Waals surface area (Å²) >= 11 is 0. The first-order valence-corrected chi connectivity index (χ1v) is 6.96. The summed E-state index contributed by atoms with van der Waals surface area (Å²) in [5, 5.41) is 8.83. The average molecular weight is 252 g/mol. The van der Waals surface area contributed by atoms with Crippen LogP contribution in [-0.4, -0.2) is 14.5 Å². The highest BCUT2D eigenvalue weighted by Crippen LogP contribution is 2.11. The van der Waals surface area contributed by atoms with Gasteiger partial charge in [0.25, 0.3) is 0 Å². The summed E-state index contributed by atoms with van der Waals surface area (Å²) in [4.78, 5) is 0.194. The first-order chi connectivity index (χ1) is 7.99. The number of aryl methyl sites for hydroxylation is 1. The number of hydrogen-bond acceptors (Lipinski definition) is 3. The highest BCUT2D eigenvalue weighted by atomic mass is 32.2. The van der Waals surface area contributed by atoms with Crippen LogP contribution in [0.5, 0.6) is 0 Å². The Morgan fingerprint density at radius 2 is 1.94 bits per heavy atom. The van der Waals surface area contributed by atoms with Crippen LogP contribution in [0.25, 0.3) is 0 Å². The van der Waals surface area contributed by atoms with Gasteiger partial charge in [-0.1, -0.05) is 31.0 Å². The monoisotopic (exact) mass is 252 g/mol. The molecule has 1 aromatic rings. The van der Waals surface area contributed by atoms with Crippen molar-refractivity contribution in [1.82, 2.24) is 4.72 Å². The lowest BCUT2D eigenvalue weighted by atomic mass is 10.2. The van der Waals surface area contributed by atoms with E-state index in [2.05, 4.69) is 4.72 Å². The average Bonchev–Trinajstić information content (AvgIpc) is 2.28. The number of benzene rings is 1. The first-order valence-electron chi connectivity index (χ1n) is 5.48. The number of hydrogen-bond donors (Lipinski definition) is 1. The molecule has 0 fully saturated rings. The molecule has 0 heterocycles. The minimum atomic E-state index is -3.58. The van der Waals surface area contributed by atoms with Gasteiger partial charge in [0.2, 0.25) is 10.0 Å². The summed E-state index contributed by atoms with van der Waals surface area (Å²) in [5.74, 6) is 0. The molecular formula is C12H16N2O2S. The smallest absolute Gasteiger partial charge is 0.207 e. The minimum Gasteiger partial charge on any atom is -0.207 e. The molecule has 1 rings (SSSR count). The number of nitrogens with one attached hydrogen (secondary N) is 1. The Morgan fingerprint density at radius 1 is 1.35 bits per heavy atom. The van der Waals surface area contributed by atoms with Crippen LogP contribution in [0, 0.1) is 18.3 Å². The number of sulfonamides is 1.